The van der Waals surface area contributed by atoms with Gasteiger partial charge in [-0.15, -0.1) is 11.3 Å². The first-order valence-corrected chi connectivity index (χ1v) is 6.11. The summed E-state index contributed by atoms with van der Waals surface area (Å²) in [5.74, 6) is -1.31. The molecular formula is C11H16N2O3S. The molecule has 1 heterocycles. The lowest BCUT2D eigenvalue weighted by atomic mass is 10.2. The molecule has 0 spiro atoms. The number of nitrogens with zero attached hydrogens (tertiary/aromatic N) is 1. The zero-order valence-electron chi connectivity index (χ0n) is 9.84. The van der Waals surface area contributed by atoms with Crippen molar-refractivity contribution in [3.8, 4) is 0 Å². The smallest absolute Gasteiger partial charge is 0.322 e. The molecular weight excluding hydrogens is 240 g/mol. The highest BCUT2D eigenvalue weighted by molar-refractivity contribution is 7.10. The molecule has 0 saturated carbocycles. The third-order valence-corrected chi connectivity index (χ3v) is 3.49. The number of hydrogen-bond acceptors (Lipinski definition) is 4. The second-order valence-electron chi connectivity index (χ2n) is 3.78. The minimum absolute atomic E-state index is 0.144. The number of carboxylic acid groups (broad SMARTS) is 1. The summed E-state index contributed by atoms with van der Waals surface area (Å²) in [5.41, 5.74) is 0. The van der Waals surface area contributed by atoms with Gasteiger partial charge in [0, 0.05) is 10.9 Å². The summed E-state index contributed by atoms with van der Waals surface area (Å²) < 4.78 is 0. The minimum Gasteiger partial charge on any atom is -0.480 e. The predicted molar refractivity (Wildman–Crippen MR) is 66.0 cm³/mol. The van der Waals surface area contributed by atoms with Gasteiger partial charge in [-0.05, 0) is 25.4 Å². The number of carbonyl (C=O) groups excluding carboxylic acids is 1. The molecule has 1 unspecified atom stereocenters. The monoisotopic (exact) mass is 256 g/mol. The zero-order chi connectivity index (χ0) is 12.8. The number of carbonyl (C=O) groups is 2. The molecule has 1 rings (SSSR count). The van der Waals surface area contributed by atoms with Crippen LogP contribution in [0, 0.1) is 0 Å². The van der Waals surface area contributed by atoms with Crippen LogP contribution >= 0.6 is 11.3 Å². The molecule has 1 atom stereocenters. The fraction of sp³-hybridized carbons (Fsp3) is 0.455. The van der Waals surface area contributed by atoms with E-state index in [0.29, 0.717) is 0 Å². The van der Waals surface area contributed by atoms with Crippen molar-refractivity contribution in [3.63, 3.8) is 0 Å². The van der Waals surface area contributed by atoms with E-state index in [2.05, 4.69) is 5.32 Å². The van der Waals surface area contributed by atoms with Gasteiger partial charge in [0.05, 0.1) is 6.54 Å². The highest BCUT2D eigenvalue weighted by Crippen LogP contribution is 2.22. The molecule has 17 heavy (non-hydrogen) atoms. The second kappa shape index (κ2) is 6.36. The summed E-state index contributed by atoms with van der Waals surface area (Å²) in [4.78, 5) is 24.8. The van der Waals surface area contributed by atoms with Crippen LogP contribution in [0.2, 0.25) is 0 Å². The summed E-state index contributed by atoms with van der Waals surface area (Å²) in [6, 6.07) is 4.13. The van der Waals surface area contributed by atoms with Gasteiger partial charge in [0.15, 0.2) is 0 Å². The molecule has 2 N–H and O–H groups in total. The van der Waals surface area contributed by atoms with Crippen molar-refractivity contribution in [2.75, 3.05) is 20.1 Å². The number of carboxylic acids is 1. The average Bonchev–Trinajstić information content (AvgIpc) is 2.78. The van der Waals surface area contributed by atoms with Crippen LogP contribution in [0.5, 0.6) is 0 Å². The van der Waals surface area contributed by atoms with E-state index in [9.17, 15) is 9.59 Å². The summed E-state index contributed by atoms with van der Waals surface area (Å²) in [6.07, 6.45) is 0. The molecule has 1 amide bonds. The van der Waals surface area contributed by atoms with E-state index in [4.69, 9.17) is 5.11 Å². The number of nitrogens with one attached hydrogen (secondary N) is 1. The maximum atomic E-state index is 11.4. The van der Waals surface area contributed by atoms with Crippen molar-refractivity contribution >= 4 is 23.2 Å². The van der Waals surface area contributed by atoms with E-state index in [1.807, 2.05) is 36.4 Å². The fourth-order valence-corrected chi connectivity index (χ4v) is 2.19. The van der Waals surface area contributed by atoms with Crippen molar-refractivity contribution in [1.82, 2.24) is 10.2 Å². The first-order valence-electron chi connectivity index (χ1n) is 5.23. The van der Waals surface area contributed by atoms with E-state index >= 15 is 0 Å². The van der Waals surface area contributed by atoms with E-state index in [1.54, 1.807) is 11.3 Å². The Bertz CT molecular complexity index is 378. The Morgan fingerprint density at radius 3 is 2.82 bits per heavy atom. The van der Waals surface area contributed by atoms with Crippen molar-refractivity contribution in [3.05, 3.63) is 22.4 Å². The molecule has 94 valence electrons. The van der Waals surface area contributed by atoms with Crippen LogP contribution in [-0.2, 0) is 9.59 Å². The lowest BCUT2D eigenvalue weighted by molar-refractivity contribution is -0.138. The van der Waals surface area contributed by atoms with Crippen LogP contribution in [0.3, 0.4) is 0 Å². The van der Waals surface area contributed by atoms with Gasteiger partial charge < -0.3 is 10.4 Å². The molecule has 6 heteroatoms. The number of thiophene rings is 1. The van der Waals surface area contributed by atoms with Crippen LogP contribution in [0.25, 0.3) is 0 Å². The Labute approximate surface area is 104 Å². The Balaban J connectivity index is 2.40. The molecule has 0 aliphatic carbocycles. The van der Waals surface area contributed by atoms with Crippen LogP contribution in [0.4, 0.5) is 0 Å². The number of likely N-dealkylation sites (N-methyl/N-ethyl adjacent to an activating group) is 1. The minimum atomic E-state index is -1.03. The normalized spacial score (nSPS) is 12.4. The fourth-order valence-electron chi connectivity index (χ4n) is 1.34. The third kappa shape index (κ3) is 4.54. The van der Waals surface area contributed by atoms with Crippen molar-refractivity contribution in [2.45, 2.75) is 13.0 Å². The molecule has 0 aliphatic rings. The summed E-state index contributed by atoms with van der Waals surface area (Å²) >= 11 is 1.64. The Morgan fingerprint density at radius 1 is 1.59 bits per heavy atom. The maximum absolute atomic E-state index is 11.4. The Hall–Kier alpha value is -1.40. The number of aliphatic carboxylic acids is 1. The molecule has 0 bridgehead atoms. The van der Waals surface area contributed by atoms with E-state index in [1.165, 1.54) is 4.88 Å². The number of hydrogen-bond donors (Lipinski definition) is 2. The predicted octanol–water partition coefficient (Wildman–Crippen LogP) is 0.942. The Kier molecular flexibility index (Phi) is 5.11. The molecule has 0 aromatic carbocycles. The van der Waals surface area contributed by atoms with Crippen molar-refractivity contribution < 1.29 is 14.7 Å². The lowest BCUT2D eigenvalue weighted by Gasteiger charge is -2.22. The van der Waals surface area contributed by atoms with Gasteiger partial charge in [-0.2, -0.15) is 0 Å². The van der Waals surface area contributed by atoms with Gasteiger partial charge in [0.2, 0.25) is 5.91 Å². The van der Waals surface area contributed by atoms with E-state index < -0.39 is 5.97 Å². The summed E-state index contributed by atoms with van der Waals surface area (Å²) in [5, 5.41) is 12.8. The van der Waals surface area contributed by atoms with Gasteiger partial charge in [-0.3, -0.25) is 14.5 Å². The SMILES string of the molecule is CC(c1cccs1)N(C)CC(=O)NCC(=O)O. The van der Waals surface area contributed by atoms with Crippen LogP contribution in [0.1, 0.15) is 17.8 Å². The molecule has 5 nitrogen and oxygen atoms in total. The molecule has 0 saturated heterocycles. The van der Waals surface area contributed by atoms with E-state index in [-0.39, 0.29) is 25.0 Å². The second-order valence-corrected chi connectivity index (χ2v) is 4.76. The quantitative estimate of drug-likeness (QED) is 0.795. The molecule has 0 aliphatic heterocycles. The standard InChI is InChI=1S/C11H16N2O3S/c1-8(9-4-3-5-17-9)13(2)7-10(14)12-6-11(15)16/h3-5,8H,6-7H2,1-2H3,(H,12,14)(H,15,16). The zero-order valence-corrected chi connectivity index (χ0v) is 10.7. The van der Waals surface area contributed by atoms with Gasteiger partial charge >= 0.3 is 5.97 Å². The maximum Gasteiger partial charge on any atom is 0.322 e. The van der Waals surface area contributed by atoms with Crippen LogP contribution in [-0.4, -0.2) is 42.0 Å². The topological polar surface area (TPSA) is 69.6 Å². The third-order valence-electron chi connectivity index (χ3n) is 2.45. The van der Waals surface area contributed by atoms with Gasteiger partial charge in [0.1, 0.15) is 6.54 Å². The molecule has 0 radical (unpaired) electrons. The van der Waals surface area contributed by atoms with Crippen molar-refractivity contribution in [2.24, 2.45) is 0 Å². The highest BCUT2D eigenvalue weighted by atomic mass is 32.1. The van der Waals surface area contributed by atoms with Gasteiger partial charge in [-0.25, -0.2) is 0 Å². The van der Waals surface area contributed by atoms with Gasteiger partial charge in [0.25, 0.3) is 0 Å². The van der Waals surface area contributed by atoms with Crippen molar-refractivity contribution in [1.29, 1.82) is 0 Å². The number of amides is 1. The van der Waals surface area contributed by atoms with Crippen LogP contribution in [0.15, 0.2) is 17.5 Å². The highest BCUT2D eigenvalue weighted by Gasteiger charge is 2.15. The molecule has 0 fully saturated rings. The molecule has 1 aromatic heterocycles. The number of rotatable bonds is 6. The lowest BCUT2D eigenvalue weighted by Crippen LogP contribution is -2.38. The summed E-state index contributed by atoms with van der Waals surface area (Å²) in [7, 11) is 1.84. The van der Waals surface area contributed by atoms with E-state index in [0.717, 1.165) is 0 Å². The van der Waals surface area contributed by atoms with Gasteiger partial charge in [-0.1, -0.05) is 6.07 Å². The first-order chi connectivity index (χ1) is 8.00. The molecule has 1 aromatic rings. The Morgan fingerprint density at radius 2 is 2.29 bits per heavy atom. The largest absolute Gasteiger partial charge is 0.480 e. The van der Waals surface area contributed by atoms with Crippen LogP contribution < -0.4 is 5.32 Å². The average molecular weight is 256 g/mol. The first kappa shape index (κ1) is 13.7. The summed E-state index contributed by atoms with van der Waals surface area (Å²) in [6.45, 7) is 1.86.